The summed E-state index contributed by atoms with van der Waals surface area (Å²) in [7, 11) is 3.26. The Morgan fingerprint density at radius 3 is 2.41 bits per heavy atom. The Kier molecular flexibility index (Phi) is 9.13. The van der Waals surface area contributed by atoms with E-state index in [4.69, 9.17) is 4.74 Å². The van der Waals surface area contributed by atoms with E-state index in [1.54, 1.807) is 57.6 Å². The van der Waals surface area contributed by atoms with Gasteiger partial charge in [0.05, 0.1) is 0 Å². The average molecular weight is 578 g/mol. The lowest BCUT2D eigenvalue weighted by molar-refractivity contribution is -0.134. The van der Waals surface area contributed by atoms with Crippen molar-refractivity contribution in [3.05, 3.63) is 76.8 Å². The zero-order valence-electron chi connectivity index (χ0n) is 23.1. The maximum atomic E-state index is 13.7. The number of aromatic nitrogens is 1. The molecule has 3 aromatic rings. The maximum Gasteiger partial charge on any atom is 0.325 e. The molecule has 2 N–H and O–H groups in total. The van der Waals surface area contributed by atoms with Crippen LogP contribution in [0.15, 0.2) is 60.0 Å². The van der Waals surface area contributed by atoms with E-state index >= 15 is 0 Å². The molecular weight excluding hydrogens is 546 g/mol. The summed E-state index contributed by atoms with van der Waals surface area (Å²) in [5, 5.41) is 7.14. The van der Waals surface area contributed by atoms with Crippen molar-refractivity contribution in [2.45, 2.75) is 38.3 Å². The van der Waals surface area contributed by atoms with Crippen molar-refractivity contribution in [3.63, 3.8) is 0 Å². The Labute approximate surface area is 241 Å². The SMILES string of the molecule is CCC(=O)c1csc(NC(=O)[C@H]([C@@H](C)c2ccccc2)N2C(=O)N[C@H](c3ccc(OCC(=O)N(C)C)cc3)C2=O)n1. The van der Waals surface area contributed by atoms with Crippen LogP contribution in [0.2, 0.25) is 0 Å². The smallest absolute Gasteiger partial charge is 0.325 e. The van der Waals surface area contributed by atoms with E-state index in [0.717, 1.165) is 21.8 Å². The predicted octanol–water partition coefficient (Wildman–Crippen LogP) is 3.61. The summed E-state index contributed by atoms with van der Waals surface area (Å²) in [6.07, 6.45) is 0.274. The first-order valence-corrected chi connectivity index (χ1v) is 13.9. The molecule has 1 saturated heterocycles. The normalized spacial score (nSPS) is 16.1. The molecular formula is C29H31N5O6S. The first kappa shape index (κ1) is 29.4. The summed E-state index contributed by atoms with van der Waals surface area (Å²) in [6, 6.07) is 12.6. The number of Topliss-reactive ketones (excluding diaryl/α,β-unsaturated/α-hetero) is 1. The number of ketones is 1. The Morgan fingerprint density at radius 1 is 1.10 bits per heavy atom. The van der Waals surface area contributed by atoms with Crippen LogP contribution in [0, 0.1) is 0 Å². The minimum Gasteiger partial charge on any atom is -0.484 e. The van der Waals surface area contributed by atoms with Crippen LogP contribution in [0.3, 0.4) is 0 Å². The number of imide groups is 1. The van der Waals surface area contributed by atoms with Gasteiger partial charge in [0.25, 0.3) is 11.8 Å². The third kappa shape index (κ3) is 6.60. The molecule has 11 nitrogen and oxygen atoms in total. The monoisotopic (exact) mass is 577 g/mol. The summed E-state index contributed by atoms with van der Waals surface area (Å²) >= 11 is 1.09. The van der Waals surface area contributed by atoms with E-state index in [1.807, 2.05) is 30.3 Å². The molecule has 1 aliphatic heterocycles. The molecule has 1 aliphatic rings. The number of thiazole rings is 1. The molecule has 0 radical (unpaired) electrons. The number of rotatable bonds is 11. The molecule has 41 heavy (non-hydrogen) atoms. The van der Waals surface area contributed by atoms with Gasteiger partial charge in [0.1, 0.15) is 23.5 Å². The Bertz CT molecular complexity index is 1440. The van der Waals surface area contributed by atoms with Crippen LogP contribution in [-0.2, 0) is 14.4 Å². The summed E-state index contributed by atoms with van der Waals surface area (Å²) in [5.41, 5.74) is 1.49. The Balaban J connectivity index is 1.57. The fraction of sp³-hybridized carbons (Fsp3) is 0.310. The van der Waals surface area contributed by atoms with Gasteiger partial charge in [-0.3, -0.25) is 19.2 Å². The highest BCUT2D eigenvalue weighted by Crippen LogP contribution is 2.32. The van der Waals surface area contributed by atoms with Crippen LogP contribution in [-0.4, -0.2) is 71.1 Å². The van der Waals surface area contributed by atoms with Crippen molar-refractivity contribution >= 4 is 46.0 Å². The second-order valence-electron chi connectivity index (χ2n) is 9.68. The van der Waals surface area contributed by atoms with Crippen LogP contribution in [0.25, 0.3) is 0 Å². The van der Waals surface area contributed by atoms with Gasteiger partial charge in [0.2, 0.25) is 5.91 Å². The molecule has 0 bridgehead atoms. The number of hydrogen-bond acceptors (Lipinski definition) is 8. The van der Waals surface area contributed by atoms with E-state index in [9.17, 15) is 24.0 Å². The Hall–Kier alpha value is -4.58. The second kappa shape index (κ2) is 12.7. The lowest BCUT2D eigenvalue weighted by atomic mass is 9.91. The zero-order valence-corrected chi connectivity index (χ0v) is 23.9. The molecule has 1 aromatic heterocycles. The summed E-state index contributed by atoms with van der Waals surface area (Å²) in [6.45, 7) is 3.35. The highest BCUT2D eigenvalue weighted by Gasteiger charge is 2.47. The van der Waals surface area contributed by atoms with Gasteiger partial charge in [-0.25, -0.2) is 14.7 Å². The number of nitrogens with zero attached hydrogens (tertiary/aromatic N) is 3. The molecule has 1 fully saturated rings. The van der Waals surface area contributed by atoms with E-state index in [1.165, 1.54) is 4.90 Å². The van der Waals surface area contributed by atoms with Gasteiger partial charge in [0, 0.05) is 31.8 Å². The van der Waals surface area contributed by atoms with E-state index in [-0.39, 0.29) is 35.5 Å². The minimum absolute atomic E-state index is 0.138. The molecule has 214 valence electrons. The van der Waals surface area contributed by atoms with E-state index < -0.39 is 35.8 Å². The van der Waals surface area contributed by atoms with E-state index in [2.05, 4.69) is 15.6 Å². The van der Waals surface area contributed by atoms with Crippen LogP contribution in [0.5, 0.6) is 5.75 Å². The van der Waals surface area contributed by atoms with Crippen molar-refractivity contribution in [1.29, 1.82) is 0 Å². The van der Waals surface area contributed by atoms with Crippen molar-refractivity contribution < 1.29 is 28.7 Å². The fourth-order valence-corrected chi connectivity index (χ4v) is 5.06. The van der Waals surface area contributed by atoms with Crippen LogP contribution in [0.1, 0.15) is 53.8 Å². The topological polar surface area (TPSA) is 138 Å². The standard InChI is InChI=1S/C29H31N5O6S/c1-5-22(35)21-16-41-28(30-21)32-26(37)25(17(2)18-9-7-6-8-10-18)34-27(38)24(31-29(34)39)19-11-13-20(14-12-19)40-15-23(36)33(3)4/h6-14,16-17,24-25H,5,15H2,1-4H3,(H,31,39)(H,30,32,37)/t17-,24+,25-/m0/s1. The van der Waals surface area contributed by atoms with E-state index in [0.29, 0.717) is 11.3 Å². The number of anilines is 1. The first-order chi connectivity index (χ1) is 19.6. The van der Waals surface area contributed by atoms with Crippen molar-refractivity contribution in [2.75, 3.05) is 26.0 Å². The lowest BCUT2D eigenvalue weighted by Crippen LogP contribution is -2.50. The summed E-state index contributed by atoms with van der Waals surface area (Å²) < 4.78 is 5.49. The number of carbonyl (C=O) groups is 5. The second-order valence-corrected chi connectivity index (χ2v) is 10.5. The molecule has 2 heterocycles. The summed E-state index contributed by atoms with van der Waals surface area (Å²) in [5.74, 6) is -1.69. The average Bonchev–Trinajstić information content (AvgIpc) is 3.56. The number of amides is 5. The minimum atomic E-state index is -1.20. The number of hydrogen-bond donors (Lipinski definition) is 2. The van der Waals surface area contributed by atoms with Crippen molar-refractivity contribution in [2.24, 2.45) is 0 Å². The number of benzene rings is 2. The molecule has 0 spiro atoms. The molecule has 5 amide bonds. The predicted molar refractivity (Wildman–Crippen MR) is 153 cm³/mol. The largest absolute Gasteiger partial charge is 0.484 e. The molecule has 12 heteroatoms. The fourth-order valence-electron chi connectivity index (χ4n) is 4.34. The lowest BCUT2D eigenvalue weighted by Gasteiger charge is -2.29. The summed E-state index contributed by atoms with van der Waals surface area (Å²) in [4.78, 5) is 71.0. The number of carbonyl (C=O) groups excluding carboxylic acids is 5. The van der Waals surface area contributed by atoms with Gasteiger partial charge in [-0.2, -0.15) is 0 Å². The first-order valence-electron chi connectivity index (χ1n) is 13.0. The molecule has 0 aliphatic carbocycles. The van der Waals surface area contributed by atoms with Gasteiger partial charge in [0.15, 0.2) is 17.5 Å². The van der Waals surface area contributed by atoms with Crippen LogP contribution in [0.4, 0.5) is 9.93 Å². The highest BCUT2D eigenvalue weighted by atomic mass is 32.1. The van der Waals surface area contributed by atoms with Gasteiger partial charge in [-0.15, -0.1) is 11.3 Å². The number of likely N-dealkylation sites (N-methyl/N-ethyl adjacent to an activating group) is 1. The van der Waals surface area contributed by atoms with Gasteiger partial charge < -0.3 is 20.3 Å². The Morgan fingerprint density at radius 2 is 1.78 bits per heavy atom. The third-order valence-corrected chi connectivity index (χ3v) is 7.49. The maximum absolute atomic E-state index is 13.7. The number of ether oxygens (including phenoxy) is 1. The zero-order chi connectivity index (χ0) is 29.7. The van der Waals surface area contributed by atoms with Crippen molar-refractivity contribution in [1.82, 2.24) is 20.1 Å². The third-order valence-electron chi connectivity index (χ3n) is 6.73. The molecule has 0 saturated carbocycles. The molecule has 2 aromatic carbocycles. The van der Waals surface area contributed by atoms with Crippen LogP contribution < -0.4 is 15.4 Å². The number of urea groups is 1. The van der Waals surface area contributed by atoms with Gasteiger partial charge in [-0.1, -0.05) is 56.3 Å². The van der Waals surface area contributed by atoms with Gasteiger partial charge >= 0.3 is 6.03 Å². The molecule has 3 atom stereocenters. The molecule has 4 rings (SSSR count). The quantitative estimate of drug-likeness (QED) is 0.262. The van der Waals surface area contributed by atoms with Gasteiger partial charge in [-0.05, 0) is 23.3 Å². The van der Waals surface area contributed by atoms with Crippen molar-refractivity contribution in [3.8, 4) is 5.75 Å². The number of nitrogens with one attached hydrogen (secondary N) is 2. The van der Waals surface area contributed by atoms with Crippen LogP contribution >= 0.6 is 11.3 Å². The highest BCUT2D eigenvalue weighted by molar-refractivity contribution is 7.14. The molecule has 0 unspecified atom stereocenters.